The normalized spacial score (nSPS) is 13.4. The Morgan fingerprint density at radius 1 is 0.381 bits per heavy atom. The summed E-state index contributed by atoms with van der Waals surface area (Å²) in [5.74, 6) is 0. The lowest BCUT2D eigenvalue weighted by Crippen LogP contribution is -2.28. The van der Waals surface area contributed by atoms with Gasteiger partial charge in [-0.25, -0.2) is 0 Å². The van der Waals surface area contributed by atoms with Gasteiger partial charge in [-0.05, 0) is 79.5 Å². The quantitative estimate of drug-likeness (QED) is 0.220. The van der Waals surface area contributed by atoms with Gasteiger partial charge in [0.15, 0.2) is 0 Å². The number of rotatable bonds is 3. The highest BCUT2D eigenvalue weighted by Crippen LogP contribution is 2.58. The Morgan fingerprint density at radius 3 is 1.74 bits per heavy atom. The molecule has 0 saturated carbocycles. The van der Waals surface area contributed by atoms with Crippen LogP contribution in [0.2, 0.25) is 0 Å². The second-order valence-electron chi connectivity index (χ2n) is 11.2. The van der Waals surface area contributed by atoms with E-state index in [0.29, 0.717) is 0 Å². The van der Waals surface area contributed by atoms with Crippen LogP contribution in [0.25, 0.3) is 55.0 Å². The molecule has 0 N–H and O–H groups in total. The van der Waals surface area contributed by atoms with E-state index in [9.17, 15) is 0 Å². The van der Waals surface area contributed by atoms with Gasteiger partial charge in [0, 0.05) is 10.8 Å². The first-order valence-electron chi connectivity index (χ1n) is 14.5. The zero-order valence-corrected chi connectivity index (χ0v) is 22.9. The molecular formula is C41H26O. The Morgan fingerprint density at radius 2 is 0.976 bits per heavy atom. The lowest BCUT2D eigenvalue weighted by molar-refractivity contribution is 0.669. The minimum absolute atomic E-state index is 0.445. The van der Waals surface area contributed by atoms with Crippen LogP contribution in [-0.4, -0.2) is 0 Å². The molecule has 42 heavy (non-hydrogen) atoms. The fourth-order valence-corrected chi connectivity index (χ4v) is 7.43. The van der Waals surface area contributed by atoms with Crippen molar-refractivity contribution in [3.63, 3.8) is 0 Å². The molecule has 0 fully saturated rings. The number of hydrogen-bond acceptors (Lipinski definition) is 1. The Bertz CT molecular complexity index is 2250. The van der Waals surface area contributed by atoms with Gasteiger partial charge in [0.05, 0.1) is 5.41 Å². The smallest absolute Gasteiger partial charge is 0.135 e. The number of fused-ring (bicyclic) bond motifs is 8. The maximum atomic E-state index is 6.20. The van der Waals surface area contributed by atoms with E-state index in [1.165, 1.54) is 55.3 Å². The van der Waals surface area contributed by atoms with Crippen molar-refractivity contribution in [1.82, 2.24) is 0 Å². The molecule has 0 bridgehead atoms. The van der Waals surface area contributed by atoms with Gasteiger partial charge in [0.1, 0.15) is 11.2 Å². The molecule has 9 rings (SSSR count). The molecule has 7 aromatic carbocycles. The van der Waals surface area contributed by atoms with E-state index in [0.717, 1.165) is 21.9 Å². The zero-order chi connectivity index (χ0) is 27.7. The lowest BCUT2D eigenvalue weighted by atomic mass is 9.67. The van der Waals surface area contributed by atoms with E-state index < -0.39 is 5.41 Å². The standard InChI is InChI=1S/C41H26O/c1-3-13-28(14-4-1)41(29-15-5-2-6-16-29)36-21-11-9-20-33(36)40-32-19-8-7-17-30(32)34(26-37(40)41)27-23-24-39-35(25-27)31-18-10-12-22-38(31)42-39/h1-26H. The molecule has 0 aliphatic heterocycles. The molecule has 1 heteroatoms. The number of hydrogen-bond donors (Lipinski definition) is 0. The molecule has 1 nitrogen and oxygen atoms in total. The van der Waals surface area contributed by atoms with Gasteiger partial charge >= 0.3 is 0 Å². The monoisotopic (exact) mass is 534 g/mol. The fraction of sp³-hybridized carbons (Fsp3) is 0.0244. The summed E-state index contributed by atoms with van der Waals surface area (Å²) < 4.78 is 6.20. The highest BCUT2D eigenvalue weighted by Gasteiger charge is 2.46. The maximum Gasteiger partial charge on any atom is 0.135 e. The second-order valence-corrected chi connectivity index (χ2v) is 11.2. The summed E-state index contributed by atoms with van der Waals surface area (Å²) >= 11 is 0. The van der Waals surface area contributed by atoms with Gasteiger partial charge < -0.3 is 4.42 Å². The van der Waals surface area contributed by atoms with E-state index in [-0.39, 0.29) is 0 Å². The van der Waals surface area contributed by atoms with Crippen LogP contribution in [0, 0.1) is 0 Å². The van der Waals surface area contributed by atoms with Crippen LogP contribution in [-0.2, 0) is 5.41 Å². The first-order chi connectivity index (χ1) is 20.8. The predicted octanol–water partition coefficient (Wildman–Crippen LogP) is 10.8. The molecule has 0 atom stereocenters. The van der Waals surface area contributed by atoms with Gasteiger partial charge in [0.2, 0.25) is 0 Å². The summed E-state index contributed by atoms with van der Waals surface area (Å²) in [7, 11) is 0. The Balaban J connectivity index is 1.44. The number of para-hydroxylation sites is 1. The Kier molecular flexibility index (Phi) is 4.88. The largest absolute Gasteiger partial charge is 0.456 e. The molecule has 8 aromatic rings. The van der Waals surface area contributed by atoms with Gasteiger partial charge in [-0.15, -0.1) is 0 Å². The molecule has 1 heterocycles. The van der Waals surface area contributed by atoms with Crippen LogP contribution in [0.1, 0.15) is 22.3 Å². The third-order valence-corrected chi connectivity index (χ3v) is 9.15. The third-order valence-electron chi connectivity index (χ3n) is 9.15. The molecule has 196 valence electrons. The van der Waals surface area contributed by atoms with Crippen LogP contribution in [0.5, 0.6) is 0 Å². The number of benzene rings is 7. The highest BCUT2D eigenvalue weighted by molar-refractivity contribution is 6.12. The van der Waals surface area contributed by atoms with Crippen molar-refractivity contribution < 1.29 is 4.42 Å². The van der Waals surface area contributed by atoms with Crippen LogP contribution in [0.4, 0.5) is 0 Å². The molecule has 1 aliphatic rings. The van der Waals surface area contributed by atoms with Crippen molar-refractivity contribution in [2.24, 2.45) is 0 Å². The second kappa shape index (κ2) is 8.80. The van der Waals surface area contributed by atoms with Crippen LogP contribution >= 0.6 is 0 Å². The summed E-state index contributed by atoms with van der Waals surface area (Å²) in [5.41, 5.74) is 11.7. The summed E-state index contributed by atoms with van der Waals surface area (Å²) in [6, 6.07) is 57.4. The Labute approximate surface area is 244 Å². The number of furan rings is 1. The summed E-state index contributed by atoms with van der Waals surface area (Å²) in [6.07, 6.45) is 0. The predicted molar refractivity (Wildman–Crippen MR) is 174 cm³/mol. The lowest BCUT2D eigenvalue weighted by Gasteiger charge is -2.34. The average molecular weight is 535 g/mol. The minimum Gasteiger partial charge on any atom is -0.456 e. The van der Waals surface area contributed by atoms with Crippen LogP contribution < -0.4 is 0 Å². The van der Waals surface area contributed by atoms with Crippen molar-refractivity contribution >= 4 is 32.7 Å². The van der Waals surface area contributed by atoms with Crippen molar-refractivity contribution in [2.75, 3.05) is 0 Å². The van der Waals surface area contributed by atoms with Crippen LogP contribution in [0.15, 0.2) is 162 Å². The van der Waals surface area contributed by atoms with Crippen molar-refractivity contribution in [2.45, 2.75) is 5.41 Å². The molecule has 0 saturated heterocycles. The first-order valence-corrected chi connectivity index (χ1v) is 14.5. The van der Waals surface area contributed by atoms with E-state index in [1.807, 2.05) is 12.1 Å². The molecule has 1 aliphatic carbocycles. The van der Waals surface area contributed by atoms with E-state index >= 15 is 0 Å². The molecule has 0 spiro atoms. The Hall–Kier alpha value is -5.40. The summed E-state index contributed by atoms with van der Waals surface area (Å²) in [6.45, 7) is 0. The van der Waals surface area contributed by atoms with E-state index in [1.54, 1.807) is 0 Å². The van der Waals surface area contributed by atoms with Gasteiger partial charge in [-0.3, -0.25) is 0 Å². The van der Waals surface area contributed by atoms with Gasteiger partial charge in [-0.1, -0.05) is 133 Å². The van der Waals surface area contributed by atoms with Gasteiger partial charge in [-0.2, -0.15) is 0 Å². The SMILES string of the molecule is c1ccc(C2(c3ccccc3)c3ccccc3-c3c2cc(-c2ccc4oc5ccccc5c4c2)c2ccccc32)cc1. The van der Waals surface area contributed by atoms with Crippen molar-refractivity contribution in [1.29, 1.82) is 0 Å². The average Bonchev–Trinajstić information content (AvgIpc) is 3.59. The topological polar surface area (TPSA) is 13.1 Å². The maximum absolute atomic E-state index is 6.20. The first kappa shape index (κ1) is 23.3. The van der Waals surface area contributed by atoms with Crippen LogP contribution in [0.3, 0.4) is 0 Å². The highest BCUT2D eigenvalue weighted by atomic mass is 16.3. The van der Waals surface area contributed by atoms with Crippen molar-refractivity contribution in [3.05, 3.63) is 180 Å². The van der Waals surface area contributed by atoms with E-state index in [4.69, 9.17) is 4.42 Å². The van der Waals surface area contributed by atoms with E-state index in [2.05, 4.69) is 146 Å². The molecule has 0 amide bonds. The fourth-order valence-electron chi connectivity index (χ4n) is 7.43. The van der Waals surface area contributed by atoms with Crippen molar-refractivity contribution in [3.8, 4) is 22.3 Å². The molecular weight excluding hydrogens is 508 g/mol. The third kappa shape index (κ3) is 3.08. The summed E-state index contributed by atoms with van der Waals surface area (Å²) in [5, 5.41) is 4.84. The molecule has 0 unspecified atom stereocenters. The van der Waals surface area contributed by atoms with Gasteiger partial charge in [0.25, 0.3) is 0 Å². The zero-order valence-electron chi connectivity index (χ0n) is 22.9. The molecule has 0 radical (unpaired) electrons. The minimum atomic E-state index is -0.445. The molecule has 1 aromatic heterocycles. The summed E-state index contributed by atoms with van der Waals surface area (Å²) in [4.78, 5) is 0.